The van der Waals surface area contributed by atoms with Crippen molar-refractivity contribution in [3.63, 3.8) is 0 Å². The van der Waals surface area contributed by atoms with Crippen molar-refractivity contribution in [3.05, 3.63) is 35.1 Å². The normalized spacial score (nSPS) is 9.87. The molecule has 76 valence electrons. The van der Waals surface area contributed by atoms with Gasteiger partial charge in [0.15, 0.2) is 0 Å². The second-order valence-electron chi connectivity index (χ2n) is 2.65. The van der Waals surface area contributed by atoms with Gasteiger partial charge in [-0.15, -0.1) is 11.5 Å². The maximum Gasteiger partial charge on any atom is 0.211 e. The highest BCUT2D eigenvalue weighted by Gasteiger charge is 1.99. The molecule has 0 saturated carbocycles. The number of benzene rings is 1. The van der Waals surface area contributed by atoms with Crippen molar-refractivity contribution in [2.45, 2.75) is 0 Å². The van der Waals surface area contributed by atoms with Gasteiger partial charge in [0.25, 0.3) is 0 Å². The van der Waals surface area contributed by atoms with Crippen molar-refractivity contribution in [3.8, 4) is 12.3 Å². The molecule has 5 heteroatoms. The number of hydrogen-bond donors (Lipinski definition) is 2. The molecule has 0 aliphatic carbocycles. The van der Waals surface area contributed by atoms with E-state index in [0.29, 0.717) is 5.56 Å². The average Bonchev–Trinajstić information content (AvgIpc) is 2.20. The Hall–Kier alpha value is -2.35. The van der Waals surface area contributed by atoms with Crippen LogP contribution in [0.15, 0.2) is 28.4 Å². The summed E-state index contributed by atoms with van der Waals surface area (Å²) in [4.78, 5) is 0. The summed E-state index contributed by atoms with van der Waals surface area (Å²) >= 11 is 0. The number of rotatable bonds is 2. The van der Waals surface area contributed by atoms with Crippen LogP contribution in [0.3, 0.4) is 0 Å². The lowest BCUT2D eigenvalue weighted by molar-refractivity contribution is 0.625. The summed E-state index contributed by atoms with van der Waals surface area (Å²) in [5.41, 5.74) is 10.8. The lowest BCUT2D eigenvalue weighted by Gasteiger charge is -1.95. The first kappa shape index (κ1) is 10.7. The summed E-state index contributed by atoms with van der Waals surface area (Å²) in [6.07, 6.45) is 6.31. The molecule has 0 bridgehead atoms. The highest BCUT2D eigenvalue weighted by molar-refractivity contribution is 5.82. The second kappa shape index (κ2) is 4.77. The molecule has 0 heterocycles. The van der Waals surface area contributed by atoms with Gasteiger partial charge < -0.3 is 11.5 Å². The van der Waals surface area contributed by atoms with Crippen LogP contribution in [0, 0.1) is 18.2 Å². The summed E-state index contributed by atoms with van der Waals surface area (Å²) < 4.78 is 13.3. The van der Waals surface area contributed by atoms with Crippen LogP contribution in [0.4, 0.5) is 4.39 Å². The molecule has 0 aliphatic rings. The number of nitrogens with zero attached hydrogens (tertiary/aromatic N) is 2. The molecule has 0 aliphatic heterocycles. The first-order valence-corrected chi connectivity index (χ1v) is 4.01. The maximum atomic E-state index is 13.3. The monoisotopic (exact) mass is 204 g/mol. The Labute approximate surface area is 86.5 Å². The van der Waals surface area contributed by atoms with Gasteiger partial charge in [-0.05, 0) is 18.2 Å². The lowest BCUT2D eigenvalue weighted by Crippen LogP contribution is -2.21. The molecule has 1 aromatic rings. The van der Waals surface area contributed by atoms with E-state index in [1.54, 1.807) is 6.07 Å². The number of terminal acetylenes is 1. The van der Waals surface area contributed by atoms with Crippen molar-refractivity contribution >= 4 is 12.2 Å². The molecule has 1 rings (SSSR count). The summed E-state index contributed by atoms with van der Waals surface area (Å²) in [5, 5.41) is 6.82. The number of halogens is 1. The first-order valence-electron chi connectivity index (χ1n) is 4.01. The Kier molecular flexibility index (Phi) is 3.41. The topological polar surface area (TPSA) is 76.8 Å². The molecule has 0 fully saturated rings. The van der Waals surface area contributed by atoms with Gasteiger partial charge in [0.05, 0.1) is 6.21 Å². The van der Waals surface area contributed by atoms with Crippen LogP contribution in [0.1, 0.15) is 11.1 Å². The van der Waals surface area contributed by atoms with Gasteiger partial charge in [0.1, 0.15) is 5.82 Å². The van der Waals surface area contributed by atoms with Gasteiger partial charge in [-0.3, -0.25) is 0 Å². The minimum atomic E-state index is -0.472. The van der Waals surface area contributed by atoms with Crippen LogP contribution in [0.2, 0.25) is 0 Å². The molecule has 4 nitrogen and oxygen atoms in total. The third kappa shape index (κ3) is 3.12. The standard InChI is InChI=1S/C10H9FN4/c1-2-7-3-4-8(9(11)5-7)6-14-15-10(12)13/h1,3-6H,(H4,12,13,15). The number of guanidine groups is 1. The van der Waals surface area contributed by atoms with Crippen LogP contribution >= 0.6 is 0 Å². The van der Waals surface area contributed by atoms with Crippen LogP contribution in [-0.2, 0) is 0 Å². The van der Waals surface area contributed by atoms with Crippen LogP contribution in [0.25, 0.3) is 0 Å². The van der Waals surface area contributed by atoms with E-state index < -0.39 is 5.82 Å². The van der Waals surface area contributed by atoms with Gasteiger partial charge in [0, 0.05) is 11.1 Å². The quantitative estimate of drug-likeness (QED) is 0.317. The van der Waals surface area contributed by atoms with E-state index >= 15 is 0 Å². The molecule has 0 unspecified atom stereocenters. The van der Waals surface area contributed by atoms with Crippen molar-refractivity contribution in [1.29, 1.82) is 0 Å². The van der Waals surface area contributed by atoms with Crippen molar-refractivity contribution in [2.24, 2.45) is 21.7 Å². The van der Waals surface area contributed by atoms with Crippen LogP contribution < -0.4 is 11.5 Å². The van der Waals surface area contributed by atoms with Crippen molar-refractivity contribution < 1.29 is 4.39 Å². The molecule has 0 spiro atoms. The fraction of sp³-hybridized carbons (Fsp3) is 0. The third-order valence-electron chi connectivity index (χ3n) is 1.54. The summed E-state index contributed by atoms with van der Waals surface area (Å²) in [5.74, 6) is 1.66. The zero-order chi connectivity index (χ0) is 11.3. The molecule has 1 aromatic carbocycles. The molecule has 0 aromatic heterocycles. The number of hydrogen-bond acceptors (Lipinski definition) is 2. The summed E-state index contributed by atoms with van der Waals surface area (Å²) in [7, 11) is 0. The van der Waals surface area contributed by atoms with E-state index in [1.165, 1.54) is 18.3 Å². The van der Waals surface area contributed by atoms with Crippen molar-refractivity contribution in [1.82, 2.24) is 0 Å². The summed E-state index contributed by atoms with van der Waals surface area (Å²) in [6, 6.07) is 4.33. The van der Waals surface area contributed by atoms with E-state index in [4.69, 9.17) is 17.9 Å². The first-order chi connectivity index (χ1) is 7.13. The molecule has 0 amide bonds. The largest absolute Gasteiger partial charge is 0.369 e. The molecule has 0 atom stereocenters. The predicted molar refractivity (Wildman–Crippen MR) is 57.7 cm³/mol. The van der Waals surface area contributed by atoms with E-state index in [0.717, 1.165) is 0 Å². The smallest absolute Gasteiger partial charge is 0.211 e. The highest BCUT2D eigenvalue weighted by Crippen LogP contribution is 2.07. The third-order valence-corrected chi connectivity index (χ3v) is 1.54. The fourth-order valence-corrected chi connectivity index (χ4v) is 0.879. The highest BCUT2D eigenvalue weighted by atomic mass is 19.1. The molecule has 0 radical (unpaired) electrons. The zero-order valence-corrected chi connectivity index (χ0v) is 7.81. The zero-order valence-electron chi connectivity index (χ0n) is 7.81. The summed E-state index contributed by atoms with van der Waals surface area (Å²) in [6.45, 7) is 0. The van der Waals surface area contributed by atoms with Gasteiger partial charge >= 0.3 is 0 Å². The van der Waals surface area contributed by atoms with Crippen molar-refractivity contribution in [2.75, 3.05) is 0 Å². The van der Waals surface area contributed by atoms with Gasteiger partial charge in [-0.2, -0.15) is 5.10 Å². The van der Waals surface area contributed by atoms with Gasteiger partial charge in [-0.1, -0.05) is 5.92 Å². The molecular formula is C10H9FN4. The average molecular weight is 204 g/mol. The molecule has 0 saturated heterocycles. The van der Waals surface area contributed by atoms with Crippen LogP contribution in [-0.4, -0.2) is 12.2 Å². The van der Waals surface area contributed by atoms with E-state index in [2.05, 4.69) is 16.1 Å². The fourth-order valence-electron chi connectivity index (χ4n) is 0.879. The molecule has 15 heavy (non-hydrogen) atoms. The second-order valence-corrected chi connectivity index (χ2v) is 2.65. The van der Waals surface area contributed by atoms with Gasteiger partial charge in [0.2, 0.25) is 5.96 Å². The number of nitrogens with two attached hydrogens (primary N) is 2. The van der Waals surface area contributed by atoms with E-state index in [9.17, 15) is 4.39 Å². The molecule has 4 N–H and O–H groups in total. The predicted octanol–water partition coefficient (Wildman–Crippen LogP) is 0.414. The SMILES string of the molecule is C#Cc1ccc(C=NN=C(N)N)c(F)c1. The Bertz CT molecular complexity index is 453. The minimum absolute atomic E-state index is 0.188. The maximum absolute atomic E-state index is 13.3. The lowest BCUT2D eigenvalue weighted by atomic mass is 10.1. The van der Waals surface area contributed by atoms with Gasteiger partial charge in [-0.25, -0.2) is 4.39 Å². The Morgan fingerprint density at radius 2 is 2.20 bits per heavy atom. The Balaban J connectivity index is 2.93. The van der Waals surface area contributed by atoms with Crippen LogP contribution in [0.5, 0.6) is 0 Å². The Morgan fingerprint density at radius 3 is 2.73 bits per heavy atom. The minimum Gasteiger partial charge on any atom is -0.369 e. The van der Waals surface area contributed by atoms with E-state index in [1.807, 2.05) is 0 Å². The van der Waals surface area contributed by atoms with E-state index in [-0.39, 0.29) is 11.5 Å². The Morgan fingerprint density at radius 1 is 1.47 bits per heavy atom. The molecular weight excluding hydrogens is 195 g/mol.